The van der Waals surface area contributed by atoms with E-state index < -0.39 is 5.97 Å². The van der Waals surface area contributed by atoms with Gasteiger partial charge in [-0.25, -0.2) is 0 Å². The second-order valence-electron chi connectivity index (χ2n) is 5.40. The highest BCUT2D eigenvalue weighted by atomic mass is 16.4. The molecule has 17 heavy (non-hydrogen) atoms. The zero-order chi connectivity index (χ0) is 12.5. The minimum Gasteiger partial charge on any atom is -0.481 e. The molecule has 0 spiro atoms. The lowest BCUT2D eigenvalue weighted by Gasteiger charge is -2.57. The Morgan fingerprint density at radius 2 is 1.94 bits per heavy atom. The first-order valence-electron chi connectivity index (χ1n) is 6.81. The van der Waals surface area contributed by atoms with Gasteiger partial charge in [-0.05, 0) is 44.9 Å². The first-order chi connectivity index (χ1) is 8.12. The van der Waals surface area contributed by atoms with Gasteiger partial charge in [-0.3, -0.25) is 9.69 Å². The third-order valence-electron chi connectivity index (χ3n) is 4.70. The SMILES string of the molecule is CCN(CC)C1(CC(=O)O)CN2CCC1CC2. The van der Waals surface area contributed by atoms with Crippen molar-refractivity contribution in [3.8, 4) is 0 Å². The van der Waals surface area contributed by atoms with E-state index >= 15 is 0 Å². The molecule has 0 radical (unpaired) electrons. The number of hydrogen-bond donors (Lipinski definition) is 1. The predicted molar refractivity (Wildman–Crippen MR) is 67.1 cm³/mol. The van der Waals surface area contributed by atoms with E-state index in [1.165, 1.54) is 12.8 Å². The third-order valence-corrected chi connectivity index (χ3v) is 4.70. The maximum absolute atomic E-state index is 11.2. The molecule has 3 fully saturated rings. The number of likely N-dealkylation sites (N-methyl/N-ethyl adjacent to an activating group) is 1. The molecular weight excluding hydrogens is 216 g/mol. The number of fused-ring (bicyclic) bond motifs is 3. The zero-order valence-electron chi connectivity index (χ0n) is 11.0. The number of carboxylic acid groups (broad SMARTS) is 1. The number of nitrogens with zero attached hydrogens (tertiary/aromatic N) is 2. The highest BCUT2D eigenvalue weighted by Gasteiger charge is 2.50. The molecule has 3 aliphatic rings. The average Bonchev–Trinajstić information content (AvgIpc) is 2.30. The highest BCUT2D eigenvalue weighted by Crippen LogP contribution is 2.41. The average molecular weight is 240 g/mol. The summed E-state index contributed by atoms with van der Waals surface area (Å²) < 4.78 is 0. The number of carboxylic acids is 1. The summed E-state index contributed by atoms with van der Waals surface area (Å²) in [7, 11) is 0. The normalized spacial score (nSPS) is 36.4. The summed E-state index contributed by atoms with van der Waals surface area (Å²) in [5, 5.41) is 9.25. The molecule has 0 amide bonds. The molecule has 0 aromatic carbocycles. The minimum absolute atomic E-state index is 0.105. The van der Waals surface area contributed by atoms with Gasteiger partial charge in [-0.15, -0.1) is 0 Å². The second kappa shape index (κ2) is 4.94. The summed E-state index contributed by atoms with van der Waals surface area (Å²) >= 11 is 0. The summed E-state index contributed by atoms with van der Waals surface area (Å²) in [4.78, 5) is 16.1. The number of aliphatic carboxylic acids is 1. The second-order valence-corrected chi connectivity index (χ2v) is 5.40. The molecule has 4 nitrogen and oxygen atoms in total. The molecule has 3 rings (SSSR count). The van der Waals surface area contributed by atoms with Crippen LogP contribution in [0.4, 0.5) is 0 Å². The standard InChI is InChI=1S/C13H24N2O2/c1-3-15(4-2)13(9-12(16)17)10-14-7-5-11(13)6-8-14/h11H,3-10H2,1-2H3,(H,16,17). The first-order valence-corrected chi connectivity index (χ1v) is 6.81. The van der Waals surface area contributed by atoms with Crippen LogP contribution in [-0.4, -0.2) is 59.1 Å². The number of hydrogen-bond acceptors (Lipinski definition) is 3. The van der Waals surface area contributed by atoms with E-state index in [0.29, 0.717) is 12.3 Å². The molecule has 2 bridgehead atoms. The van der Waals surface area contributed by atoms with Gasteiger partial charge < -0.3 is 10.0 Å². The lowest BCUT2D eigenvalue weighted by molar-refractivity contribution is -0.147. The van der Waals surface area contributed by atoms with Crippen LogP contribution in [-0.2, 0) is 4.79 Å². The van der Waals surface area contributed by atoms with Gasteiger partial charge in [-0.2, -0.15) is 0 Å². The number of piperidine rings is 3. The van der Waals surface area contributed by atoms with Crippen LogP contribution < -0.4 is 0 Å². The molecule has 1 N–H and O–H groups in total. The van der Waals surface area contributed by atoms with Crippen LogP contribution in [0.15, 0.2) is 0 Å². The van der Waals surface area contributed by atoms with Crippen molar-refractivity contribution < 1.29 is 9.90 Å². The third kappa shape index (κ3) is 2.20. The van der Waals surface area contributed by atoms with Crippen molar-refractivity contribution in [3.05, 3.63) is 0 Å². The van der Waals surface area contributed by atoms with Crippen molar-refractivity contribution in [3.63, 3.8) is 0 Å². The quantitative estimate of drug-likeness (QED) is 0.786. The summed E-state index contributed by atoms with van der Waals surface area (Å²) in [6.07, 6.45) is 2.64. The van der Waals surface area contributed by atoms with E-state index in [4.69, 9.17) is 0 Å². The van der Waals surface area contributed by atoms with Crippen LogP contribution in [0.2, 0.25) is 0 Å². The largest absolute Gasteiger partial charge is 0.481 e. The van der Waals surface area contributed by atoms with Gasteiger partial charge in [0, 0.05) is 12.1 Å². The van der Waals surface area contributed by atoms with Crippen molar-refractivity contribution in [2.75, 3.05) is 32.7 Å². The fourth-order valence-electron chi connectivity index (χ4n) is 3.93. The molecule has 0 saturated carbocycles. The monoisotopic (exact) mass is 240 g/mol. The van der Waals surface area contributed by atoms with Crippen LogP contribution in [0.25, 0.3) is 0 Å². The molecule has 3 saturated heterocycles. The van der Waals surface area contributed by atoms with Crippen LogP contribution in [0.3, 0.4) is 0 Å². The number of carbonyl (C=O) groups is 1. The molecule has 1 unspecified atom stereocenters. The van der Waals surface area contributed by atoms with Gasteiger partial charge in [0.2, 0.25) is 0 Å². The Balaban J connectivity index is 2.26. The van der Waals surface area contributed by atoms with Gasteiger partial charge in [0.05, 0.1) is 6.42 Å². The Hall–Kier alpha value is -0.610. The van der Waals surface area contributed by atoms with Crippen molar-refractivity contribution in [2.45, 2.75) is 38.6 Å². The van der Waals surface area contributed by atoms with Crippen molar-refractivity contribution in [1.82, 2.24) is 9.80 Å². The fourth-order valence-corrected chi connectivity index (χ4v) is 3.93. The molecular formula is C13H24N2O2. The van der Waals surface area contributed by atoms with E-state index in [1.54, 1.807) is 0 Å². The summed E-state index contributed by atoms with van der Waals surface area (Å²) in [5.74, 6) is -0.0749. The Morgan fingerprint density at radius 1 is 1.35 bits per heavy atom. The van der Waals surface area contributed by atoms with Gasteiger partial charge in [0.1, 0.15) is 0 Å². The van der Waals surface area contributed by atoms with Gasteiger partial charge in [0.15, 0.2) is 0 Å². The van der Waals surface area contributed by atoms with Gasteiger partial charge >= 0.3 is 5.97 Å². The van der Waals surface area contributed by atoms with Crippen LogP contribution in [0.5, 0.6) is 0 Å². The highest BCUT2D eigenvalue weighted by molar-refractivity contribution is 5.68. The lowest BCUT2D eigenvalue weighted by atomic mass is 9.70. The van der Waals surface area contributed by atoms with Crippen molar-refractivity contribution in [2.24, 2.45) is 5.92 Å². The van der Waals surface area contributed by atoms with Crippen LogP contribution >= 0.6 is 0 Å². The number of rotatable bonds is 5. The maximum atomic E-state index is 11.2. The van der Waals surface area contributed by atoms with E-state index in [2.05, 4.69) is 23.6 Å². The van der Waals surface area contributed by atoms with Crippen LogP contribution in [0.1, 0.15) is 33.1 Å². The van der Waals surface area contributed by atoms with E-state index in [0.717, 1.165) is 32.7 Å². The molecule has 98 valence electrons. The predicted octanol–water partition coefficient (Wildman–Crippen LogP) is 1.27. The summed E-state index contributed by atoms with van der Waals surface area (Å²) in [6.45, 7) is 9.46. The molecule has 3 aliphatic heterocycles. The Labute approximate surface area is 104 Å². The van der Waals surface area contributed by atoms with Crippen molar-refractivity contribution >= 4 is 5.97 Å². The topological polar surface area (TPSA) is 43.8 Å². The lowest BCUT2D eigenvalue weighted by Crippen LogP contribution is -2.67. The minimum atomic E-state index is -0.648. The molecule has 1 atom stereocenters. The first kappa shape index (κ1) is 12.8. The van der Waals surface area contributed by atoms with Gasteiger partial charge in [-0.1, -0.05) is 13.8 Å². The zero-order valence-corrected chi connectivity index (χ0v) is 11.0. The summed E-state index contributed by atoms with van der Waals surface area (Å²) in [6, 6.07) is 0. The smallest absolute Gasteiger partial charge is 0.305 e. The van der Waals surface area contributed by atoms with E-state index in [1.807, 2.05) is 0 Å². The molecule has 0 aliphatic carbocycles. The van der Waals surface area contributed by atoms with E-state index in [9.17, 15) is 9.90 Å². The maximum Gasteiger partial charge on any atom is 0.305 e. The molecule has 0 aromatic heterocycles. The van der Waals surface area contributed by atoms with Crippen molar-refractivity contribution in [1.29, 1.82) is 0 Å². The molecule has 0 aromatic rings. The van der Waals surface area contributed by atoms with Gasteiger partial charge in [0.25, 0.3) is 0 Å². The molecule has 4 heteroatoms. The van der Waals surface area contributed by atoms with E-state index in [-0.39, 0.29) is 5.54 Å². The Kier molecular flexibility index (Phi) is 3.73. The van der Waals surface area contributed by atoms with Crippen LogP contribution in [0, 0.1) is 5.92 Å². The Morgan fingerprint density at radius 3 is 2.29 bits per heavy atom. The fraction of sp³-hybridized carbons (Fsp3) is 0.923. The Bertz CT molecular complexity index is 279. The summed E-state index contributed by atoms with van der Waals surface area (Å²) in [5.41, 5.74) is -0.105. The molecule has 3 heterocycles.